The number of aromatic nitrogens is 1. The van der Waals surface area contributed by atoms with Crippen LogP contribution in [-0.4, -0.2) is 73.6 Å². The minimum atomic E-state index is -0.698. The third-order valence-electron chi connectivity index (χ3n) is 5.56. The third-order valence-corrected chi connectivity index (χ3v) is 5.56. The summed E-state index contributed by atoms with van der Waals surface area (Å²) in [7, 11) is 7.28. The molecule has 1 heterocycles. The van der Waals surface area contributed by atoms with E-state index in [2.05, 4.69) is 4.90 Å². The van der Waals surface area contributed by atoms with Gasteiger partial charge in [0.25, 0.3) is 5.91 Å². The highest BCUT2D eigenvalue weighted by Crippen LogP contribution is 2.26. The van der Waals surface area contributed by atoms with Gasteiger partial charge in [-0.3, -0.25) is 14.2 Å². The van der Waals surface area contributed by atoms with Crippen LogP contribution in [0.5, 0.6) is 5.75 Å². The summed E-state index contributed by atoms with van der Waals surface area (Å²) in [6, 6.07) is 14.6. The normalized spacial score (nSPS) is 11.8. The molecule has 0 aliphatic carbocycles. The van der Waals surface area contributed by atoms with Crippen LogP contribution in [0, 0.1) is 0 Å². The van der Waals surface area contributed by atoms with Crippen LogP contribution in [0.2, 0.25) is 0 Å². The lowest BCUT2D eigenvalue weighted by Gasteiger charge is -2.21. The predicted molar refractivity (Wildman–Crippen MR) is 134 cm³/mol. The van der Waals surface area contributed by atoms with Crippen molar-refractivity contribution in [3.8, 4) is 5.75 Å². The number of hydrogen-bond acceptors (Lipinski definition) is 5. The van der Waals surface area contributed by atoms with Crippen molar-refractivity contribution in [1.29, 1.82) is 0 Å². The first-order chi connectivity index (χ1) is 15.3. The average Bonchev–Trinajstić information content (AvgIpc) is 3.15. The fourth-order valence-electron chi connectivity index (χ4n) is 3.75. The van der Waals surface area contributed by atoms with E-state index in [4.69, 9.17) is 10.5 Å². The fourth-order valence-corrected chi connectivity index (χ4v) is 3.75. The van der Waals surface area contributed by atoms with Gasteiger partial charge in [-0.15, -0.1) is 12.4 Å². The summed E-state index contributed by atoms with van der Waals surface area (Å²) in [5.41, 5.74) is 8.99. The molecule has 3 rings (SSSR count). The molecule has 8 heteroatoms. The minimum Gasteiger partial charge on any atom is -0.497 e. The van der Waals surface area contributed by atoms with Gasteiger partial charge in [0.1, 0.15) is 12.3 Å². The van der Waals surface area contributed by atoms with Gasteiger partial charge in [-0.2, -0.15) is 0 Å². The second-order valence-electron chi connectivity index (χ2n) is 8.34. The van der Waals surface area contributed by atoms with Crippen molar-refractivity contribution in [1.82, 2.24) is 14.4 Å². The topological polar surface area (TPSA) is 80.8 Å². The molecule has 33 heavy (non-hydrogen) atoms. The molecule has 2 N–H and O–H groups in total. The Kier molecular flexibility index (Phi) is 9.46. The molecule has 1 aromatic heterocycles. The number of methoxy groups -OCH3 is 1. The van der Waals surface area contributed by atoms with Gasteiger partial charge >= 0.3 is 0 Å². The minimum absolute atomic E-state index is 0. The van der Waals surface area contributed by atoms with E-state index < -0.39 is 6.04 Å². The van der Waals surface area contributed by atoms with Gasteiger partial charge in [-0.25, -0.2) is 0 Å². The zero-order valence-electron chi connectivity index (χ0n) is 19.7. The Morgan fingerprint density at radius 1 is 1.09 bits per heavy atom. The van der Waals surface area contributed by atoms with E-state index in [1.165, 1.54) is 4.90 Å². The van der Waals surface area contributed by atoms with Crippen LogP contribution in [0.1, 0.15) is 15.9 Å². The van der Waals surface area contributed by atoms with E-state index in [0.29, 0.717) is 6.42 Å². The van der Waals surface area contributed by atoms with Crippen molar-refractivity contribution in [2.45, 2.75) is 18.9 Å². The first-order valence-electron chi connectivity index (χ1n) is 10.7. The van der Waals surface area contributed by atoms with Gasteiger partial charge in [0.2, 0.25) is 5.91 Å². The molecule has 0 bridgehead atoms. The summed E-state index contributed by atoms with van der Waals surface area (Å²) >= 11 is 0. The molecule has 2 aromatic carbocycles. The maximum Gasteiger partial charge on any atom is 0.250 e. The van der Waals surface area contributed by atoms with Gasteiger partial charge in [-0.05, 0) is 56.3 Å². The van der Waals surface area contributed by atoms with Crippen LogP contribution in [0.4, 0.5) is 0 Å². The molecule has 0 radical (unpaired) electrons. The van der Waals surface area contributed by atoms with Crippen LogP contribution in [0.3, 0.4) is 0 Å². The maximum absolute atomic E-state index is 13.1. The molecule has 0 unspecified atom stereocenters. The van der Waals surface area contributed by atoms with E-state index in [1.807, 2.05) is 68.8 Å². The molecule has 1 amide bonds. The van der Waals surface area contributed by atoms with Gasteiger partial charge in [0, 0.05) is 25.2 Å². The molecule has 0 saturated heterocycles. The van der Waals surface area contributed by atoms with Crippen molar-refractivity contribution in [2.75, 3.05) is 41.3 Å². The number of likely N-dealkylation sites (N-methyl/N-ethyl adjacent to an activating group) is 2. The van der Waals surface area contributed by atoms with Crippen molar-refractivity contribution in [3.63, 3.8) is 0 Å². The molecule has 0 aliphatic heterocycles. The van der Waals surface area contributed by atoms with Crippen LogP contribution in [0.15, 0.2) is 54.7 Å². The molecule has 0 fully saturated rings. The Morgan fingerprint density at radius 3 is 2.42 bits per heavy atom. The molecule has 0 aliphatic rings. The third kappa shape index (κ3) is 6.57. The number of halogens is 1. The number of amides is 1. The standard InChI is InChI=1S/C25H32N4O3.ClH/c1-27(2)13-12-19-16-29(23-11-10-20(32-4)15-21(19)23)24(30)17-28(3)25(31)22(26)14-18-8-6-5-7-9-18;/h5-11,15-16,22H,12-14,17,26H2,1-4H3;1H/t22-;/m0./s1. The molecule has 0 saturated carbocycles. The summed E-state index contributed by atoms with van der Waals surface area (Å²) < 4.78 is 7.00. The monoisotopic (exact) mass is 472 g/mol. The van der Waals surface area contributed by atoms with Crippen molar-refractivity contribution < 1.29 is 14.3 Å². The number of carbonyl (C=O) groups excluding carboxylic acids is 2. The number of carbonyl (C=O) groups is 2. The SMILES string of the molecule is COc1ccc2c(c1)c(CCN(C)C)cn2C(=O)CN(C)C(=O)[C@@H](N)Cc1ccccc1.Cl. The number of ether oxygens (including phenoxy) is 1. The second-order valence-corrected chi connectivity index (χ2v) is 8.34. The Hall–Kier alpha value is -2.87. The van der Waals surface area contributed by atoms with Crippen LogP contribution in [0.25, 0.3) is 10.9 Å². The zero-order valence-corrected chi connectivity index (χ0v) is 20.5. The van der Waals surface area contributed by atoms with E-state index in [9.17, 15) is 9.59 Å². The Bertz CT molecular complexity index is 1080. The smallest absolute Gasteiger partial charge is 0.250 e. The average molecular weight is 473 g/mol. The van der Waals surface area contributed by atoms with E-state index in [0.717, 1.165) is 40.7 Å². The molecule has 0 spiro atoms. The van der Waals surface area contributed by atoms with Gasteiger partial charge in [-0.1, -0.05) is 30.3 Å². The van der Waals surface area contributed by atoms with E-state index >= 15 is 0 Å². The van der Waals surface area contributed by atoms with Crippen LogP contribution < -0.4 is 10.5 Å². The summed E-state index contributed by atoms with van der Waals surface area (Å²) in [6.07, 6.45) is 3.10. The summed E-state index contributed by atoms with van der Waals surface area (Å²) in [6.45, 7) is 0.807. The lowest BCUT2D eigenvalue weighted by Crippen LogP contribution is -2.45. The summed E-state index contributed by atoms with van der Waals surface area (Å²) in [5.74, 6) is 0.306. The highest BCUT2D eigenvalue weighted by Gasteiger charge is 2.22. The largest absolute Gasteiger partial charge is 0.497 e. The first-order valence-corrected chi connectivity index (χ1v) is 10.7. The molecular formula is C25H33ClN4O3. The van der Waals surface area contributed by atoms with Gasteiger partial charge < -0.3 is 20.3 Å². The number of hydrogen-bond donors (Lipinski definition) is 1. The number of rotatable bonds is 9. The molecule has 3 aromatic rings. The van der Waals surface area contributed by atoms with E-state index in [1.54, 1.807) is 18.7 Å². The first kappa shape index (κ1) is 26.4. The second kappa shape index (κ2) is 11.8. The highest BCUT2D eigenvalue weighted by molar-refractivity contribution is 5.97. The molecule has 7 nitrogen and oxygen atoms in total. The lowest BCUT2D eigenvalue weighted by molar-refractivity contribution is -0.130. The summed E-state index contributed by atoms with van der Waals surface area (Å²) in [4.78, 5) is 29.4. The maximum atomic E-state index is 13.1. The van der Waals surface area contributed by atoms with Crippen LogP contribution >= 0.6 is 12.4 Å². The number of fused-ring (bicyclic) bond motifs is 1. The van der Waals surface area contributed by atoms with Crippen molar-refractivity contribution >= 4 is 35.1 Å². The Morgan fingerprint density at radius 2 is 1.79 bits per heavy atom. The quantitative estimate of drug-likeness (QED) is 0.518. The van der Waals surface area contributed by atoms with Crippen LogP contribution in [-0.2, 0) is 17.6 Å². The number of benzene rings is 2. The molecular weight excluding hydrogens is 440 g/mol. The Labute approximate surface area is 201 Å². The van der Waals surface area contributed by atoms with Crippen molar-refractivity contribution in [2.24, 2.45) is 5.73 Å². The van der Waals surface area contributed by atoms with Crippen molar-refractivity contribution in [3.05, 3.63) is 65.9 Å². The summed E-state index contributed by atoms with van der Waals surface area (Å²) in [5, 5.41) is 0.981. The predicted octanol–water partition coefficient (Wildman–Crippen LogP) is 2.84. The van der Waals surface area contributed by atoms with Gasteiger partial charge in [0.05, 0.1) is 18.7 Å². The fraction of sp³-hybridized carbons (Fsp3) is 0.360. The van der Waals surface area contributed by atoms with E-state index in [-0.39, 0.29) is 30.8 Å². The molecule has 178 valence electrons. The van der Waals surface area contributed by atoms with Gasteiger partial charge in [0.15, 0.2) is 0 Å². The highest BCUT2D eigenvalue weighted by atomic mass is 35.5. The Balaban J connectivity index is 0.00000385. The number of nitrogens with zero attached hydrogens (tertiary/aromatic N) is 3. The zero-order chi connectivity index (χ0) is 23.3. The lowest BCUT2D eigenvalue weighted by atomic mass is 10.1. The number of nitrogens with two attached hydrogens (primary N) is 1. The molecule has 1 atom stereocenters.